The number of carbonyl (C=O) groups excluding carboxylic acids is 2. The van der Waals surface area contributed by atoms with Crippen LogP contribution in [0, 0.1) is 0 Å². The Labute approximate surface area is 176 Å². The van der Waals surface area contributed by atoms with Gasteiger partial charge in [-0.2, -0.15) is 0 Å². The van der Waals surface area contributed by atoms with E-state index in [-0.39, 0.29) is 18.3 Å². The fourth-order valence-corrected chi connectivity index (χ4v) is 3.30. The molecular formula is C23H28N4O3. The Kier molecular flexibility index (Phi) is 5.82. The summed E-state index contributed by atoms with van der Waals surface area (Å²) in [5.74, 6) is 0.0131. The normalized spacial score (nSPS) is 19.3. The minimum Gasteiger partial charge on any atom is -0.444 e. The van der Waals surface area contributed by atoms with Gasteiger partial charge in [0.2, 0.25) is 11.9 Å². The van der Waals surface area contributed by atoms with Crippen LogP contribution in [0.4, 0.5) is 10.5 Å². The van der Waals surface area contributed by atoms with Crippen LogP contribution in [0.3, 0.4) is 0 Å². The van der Waals surface area contributed by atoms with Crippen molar-refractivity contribution < 1.29 is 14.3 Å². The van der Waals surface area contributed by atoms with E-state index in [0.29, 0.717) is 12.2 Å². The van der Waals surface area contributed by atoms with Crippen LogP contribution in [0.25, 0.3) is 0 Å². The summed E-state index contributed by atoms with van der Waals surface area (Å²) in [6, 6.07) is 16.8. The van der Waals surface area contributed by atoms with Gasteiger partial charge in [-0.25, -0.2) is 9.79 Å². The maximum atomic E-state index is 13.2. The molecule has 1 aliphatic rings. The van der Waals surface area contributed by atoms with E-state index in [1.165, 1.54) is 4.90 Å². The molecule has 1 atom stereocenters. The van der Waals surface area contributed by atoms with Crippen molar-refractivity contribution >= 4 is 23.6 Å². The summed E-state index contributed by atoms with van der Waals surface area (Å²) in [5, 5.41) is 2.68. The first-order chi connectivity index (χ1) is 14.1. The third-order valence-corrected chi connectivity index (χ3v) is 4.71. The summed E-state index contributed by atoms with van der Waals surface area (Å²) >= 11 is 0. The minimum absolute atomic E-state index is 0.148. The third-order valence-electron chi connectivity index (χ3n) is 4.71. The van der Waals surface area contributed by atoms with Gasteiger partial charge >= 0.3 is 6.09 Å². The molecule has 2 aromatic carbocycles. The number of nitrogens with zero attached hydrogens (tertiary/aromatic N) is 2. The Morgan fingerprint density at radius 3 is 2.53 bits per heavy atom. The number of nitrogen functional groups attached to an aromatic ring is 1. The summed E-state index contributed by atoms with van der Waals surface area (Å²) in [5.41, 5.74) is 6.73. The Morgan fingerprint density at radius 1 is 1.20 bits per heavy atom. The molecule has 0 unspecified atom stereocenters. The second-order valence-corrected chi connectivity index (χ2v) is 8.60. The number of nitrogens with two attached hydrogens (primary N) is 1. The van der Waals surface area contributed by atoms with Crippen LogP contribution in [0.2, 0.25) is 0 Å². The lowest BCUT2D eigenvalue weighted by Gasteiger charge is -2.37. The number of guanidine groups is 1. The number of anilines is 1. The average molecular weight is 409 g/mol. The first-order valence-corrected chi connectivity index (χ1v) is 9.86. The Morgan fingerprint density at radius 2 is 1.90 bits per heavy atom. The molecule has 0 aromatic heterocycles. The highest BCUT2D eigenvalue weighted by Crippen LogP contribution is 2.34. The minimum atomic E-state index is -0.857. The number of hydrogen-bond donors (Lipinski definition) is 2. The molecular weight excluding hydrogens is 380 g/mol. The zero-order valence-corrected chi connectivity index (χ0v) is 17.8. The summed E-state index contributed by atoms with van der Waals surface area (Å²) in [6.45, 7) is 7.48. The fraction of sp³-hybridized carbons (Fsp3) is 0.348. The monoisotopic (exact) mass is 408 g/mol. The van der Waals surface area contributed by atoms with Gasteiger partial charge in [0, 0.05) is 5.69 Å². The van der Waals surface area contributed by atoms with E-state index in [0.717, 1.165) is 11.1 Å². The van der Waals surface area contributed by atoms with Gasteiger partial charge in [-0.3, -0.25) is 15.0 Å². The number of nitrogens with one attached hydrogen (secondary N) is 1. The van der Waals surface area contributed by atoms with Crippen LogP contribution in [0.1, 0.15) is 45.2 Å². The number of alkyl carbamates (subject to hydrolysis) is 1. The topological polar surface area (TPSA) is 97.0 Å². The predicted molar refractivity (Wildman–Crippen MR) is 117 cm³/mol. The number of carbonyl (C=O) groups is 2. The number of amides is 2. The first kappa shape index (κ1) is 21.4. The highest BCUT2D eigenvalue weighted by atomic mass is 16.6. The second-order valence-electron chi connectivity index (χ2n) is 8.60. The van der Waals surface area contributed by atoms with Crippen LogP contribution in [-0.2, 0) is 21.6 Å². The van der Waals surface area contributed by atoms with E-state index in [2.05, 4.69) is 5.32 Å². The number of hydrogen-bond acceptors (Lipinski definition) is 5. The zero-order chi connectivity index (χ0) is 21.9. The van der Waals surface area contributed by atoms with E-state index in [9.17, 15) is 9.59 Å². The fourth-order valence-electron chi connectivity index (χ4n) is 3.30. The van der Waals surface area contributed by atoms with Gasteiger partial charge in [-0.15, -0.1) is 0 Å². The van der Waals surface area contributed by atoms with E-state index in [1.807, 2.05) is 49.4 Å². The molecule has 1 aliphatic heterocycles. The quantitative estimate of drug-likeness (QED) is 0.755. The molecule has 0 saturated heterocycles. The molecule has 0 radical (unpaired) electrons. The zero-order valence-electron chi connectivity index (χ0n) is 17.8. The molecule has 158 valence electrons. The maximum absolute atomic E-state index is 13.2. The molecule has 0 bridgehead atoms. The Balaban J connectivity index is 1.98. The lowest BCUT2D eigenvalue weighted by Crippen LogP contribution is -2.53. The van der Waals surface area contributed by atoms with Crippen molar-refractivity contribution in [3.05, 3.63) is 65.7 Å². The molecule has 0 spiro atoms. The van der Waals surface area contributed by atoms with Gasteiger partial charge in [0.15, 0.2) is 0 Å². The van der Waals surface area contributed by atoms with Crippen molar-refractivity contribution in [3.8, 4) is 0 Å². The molecule has 30 heavy (non-hydrogen) atoms. The largest absolute Gasteiger partial charge is 0.444 e. The van der Waals surface area contributed by atoms with Gasteiger partial charge < -0.3 is 10.5 Å². The molecule has 2 aromatic rings. The molecule has 0 fully saturated rings. The van der Waals surface area contributed by atoms with Crippen LogP contribution < -0.4 is 11.1 Å². The van der Waals surface area contributed by atoms with Crippen molar-refractivity contribution in [2.45, 2.75) is 51.8 Å². The predicted octanol–water partition coefficient (Wildman–Crippen LogP) is 3.80. The van der Waals surface area contributed by atoms with Crippen LogP contribution >= 0.6 is 0 Å². The van der Waals surface area contributed by atoms with Crippen LogP contribution in [0.15, 0.2) is 59.6 Å². The summed E-state index contributed by atoms with van der Waals surface area (Å²) in [7, 11) is 0. The summed E-state index contributed by atoms with van der Waals surface area (Å²) < 4.78 is 5.38. The standard InChI is InChI=1S/C23H28N4O3/c1-22(2,3)30-21(29)25-20-26-23(4,17-11-8-12-18(24)13-17)14-19(28)27(20)15-16-9-6-5-7-10-16/h5-13H,14-15,24H2,1-4H3,(H,25,26,29)/t23-/m0/s1. The molecule has 7 heteroatoms. The van der Waals surface area contributed by atoms with E-state index in [1.54, 1.807) is 32.9 Å². The van der Waals surface area contributed by atoms with E-state index in [4.69, 9.17) is 15.5 Å². The average Bonchev–Trinajstić information content (AvgIpc) is 2.64. The van der Waals surface area contributed by atoms with Crippen molar-refractivity contribution in [3.63, 3.8) is 0 Å². The van der Waals surface area contributed by atoms with Gasteiger partial charge in [0.05, 0.1) is 18.5 Å². The first-order valence-electron chi connectivity index (χ1n) is 9.86. The van der Waals surface area contributed by atoms with Gasteiger partial charge in [-0.05, 0) is 51.0 Å². The second kappa shape index (κ2) is 8.18. The van der Waals surface area contributed by atoms with Crippen molar-refractivity contribution in [2.24, 2.45) is 4.99 Å². The van der Waals surface area contributed by atoms with Crippen LogP contribution in [-0.4, -0.2) is 28.5 Å². The third kappa shape index (κ3) is 5.17. The lowest BCUT2D eigenvalue weighted by molar-refractivity contribution is -0.130. The van der Waals surface area contributed by atoms with E-state index >= 15 is 0 Å². The Hall–Kier alpha value is -3.35. The molecule has 3 N–H and O–H groups in total. The van der Waals surface area contributed by atoms with Gasteiger partial charge in [0.25, 0.3) is 0 Å². The number of aliphatic imine (C=N–C) groups is 1. The smallest absolute Gasteiger partial charge is 0.414 e. The van der Waals surface area contributed by atoms with Crippen molar-refractivity contribution in [2.75, 3.05) is 5.73 Å². The summed E-state index contributed by atoms with van der Waals surface area (Å²) in [4.78, 5) is 31.9. The van der Waals surface area contributed by atoms with Gasteiger partial charge in [0.1, 0.15) is 5.60 Å². The Bertz CT molecular complexity index is 966. The van der Waals surface area contributed by atoms with Gasteiger partial charge in [-0.1, -0.05) is 42.5 Å². The molecule has 3 rings (SSSR count). The molecule has 2 amide bonds. The molecule has 1 heterocycles. The highest BCUT2D eigenvalue weighted by Gasteiger charge is 2.39. The van der Waals surface area contributed by atoms with Crippen molar-refractivity contribution in [1.82, 2.24) is 10.2 Å². The molecule has 0 saturated carbocycles. The SMILES string of the molecule is CC(C)(C)OC(=O)NC1=N[C@](C)(c2cccc(N)c2)CC(=O)N1Cc1ccccc1. The number of ether oxygens (including phenoxy) is 1. The number of rotatable bonds is 3. The lowest BCUT2D eigenvalue weighted by atomic mass is 9.87. The number of benzene rings is 2. The van der Waals surface area contributed by atoms with E-state index < -0.39 is 17.2 Å². The summed E-state index contributed by atoms with van der Waals surface area (Å²) in [6.07, 6.45) is -0.507. The van der Waals surface area contributed by atoms with Crippen LogP contribution in [0.5, 0.6) is 0 Å². The molecule has 7 nitrogen and oxygen atoms in total. The highest BCUT2D eigenvalue weighted by molar-refractivity contribution is 6.05. The maximum Gasteiger partial charge on any atom is 0.414 e. The van der Waals surface area contributed by atoms with Crippen molar-refractivity contribution in [1.29, 1.82) is 0 Å². The molecule has 0 aliphatic carbocycles.